The highest BCUT2D eigenvalue weighted by Gasteiger charge is 2.14. The van der Waals surface area contributed by atoms with E-state index in [4.69, 9.17) is 4.74 Å². The van der Waals surface area contributed by atoms with E-state index in [0.717, 1.165) is 16.0 Å². The number of aromatic nitrogens is 3. The fourth-order valence-electron chi connectivity index (χ4n) is 3.33. The van der Waals surface area contributed by atoms with Crippen LogP contribution in [-0.4, -0.2) is 27.2 Å². The van der Waals surface area contributed by atoms with E-state index in [1.165, 1.54) is 12.1 Å². The van der Waals surface area contributed by atoms with E-state index in [2.05, 4.69) is 10.4 Å². The van der Waals surface area contributed by atoms with Crippen molar-refractivity contribution in [2.45, 2.75) is 20.0 Å². The molecule has 0 aliphatic heterocycles. The third-order valence-corrected chi connectivity index (χ3v) is 4.75. The summed E-state index contributed by atoms with van der Waals surface area (Å²) in [6, 6.07) is 13.3. The van der Waals surface area contributed by atoms with E-state index in [1.807, 2.05) is 24.3 Å². The minimum absolute atomic E-state index is 0.206. The summed E-state index contributed by atoms with van der Waals surface area (Å²) < 4.78 is 21.4. The third-order valence-electron chi connectivity index (χ3n) is 4.75. The van der Waals surface area contributed by atoms with E-state index in [1.54, 1.807) is 30.6 Å². The molecule has 0 bridgehead atoms. The largest absolute Gasteiger partial charge is 0.497 e. The number of hydrogen-bond donors (Lipinski definition) is 1. The van der Waals surface area contributed by atoms with Gasteiger partial charge in [-0.3, -0.25) is 14.0 Å². The lowest BCUT2D eigenvalue weighted by Gasteiger charge is -2.10. The average Bonchev–Trinajstić information content (AvgIpc) is 3.10. The van der Waals surface area contributed by atoms with Crippen molar-refractivity contribution in [3.05, 3.63) is 76.1 Å². The lowest BCUT2D eigenvalue weighted by atomic mass is 10.2. The molecule has 0 unspecified atom stereocenters. The predicted molar refractivity (Wildman–Crippen MR) is 106 cm³/mol. The van der Waals surface area contributed by atoms with Gasteiger partial charge < -0.3 is 10.1 Å². The number of aryl methyl sites for hydroxylation is 1. The van der Waals surface area contributed by atoms with Gasteiger partial charge in [0, 0.05) is 11.9 Å². The second kappa shape index (κ2) is 7.38. The molecular weight excluding hydrogens is 375 g/mol. The van der Waals surface area contributed by atoms with E-state index in [9.17, 15) is 14.0 Å². The number of halogens is 1. The Labute approximate surface area is 165 Å². The number of carbonyl (C=O) groups is 1. The number of rotatable bonds is 5. The Kier molecular flexibility index (Phi) is 4.75. The second-order valence-corrected chi connectivity index (χ2v) is 6.70. The normalized spacial score (nSPS) is 11.1. The fraction of sp³-hybridized carbons (Fsp3) is 0.190. The van der Waals surface area contributed by atoms with Crippen LogP contribution in [0.2, 0.25) is 0 Å². The summed E-state index contributed by atoms with van der Waals surface area (Å²) in [6.45, 7) is 1.86. The summed E-state index contributed by atoms with van der Waals surface area (Å²) in [4.78, 5) is 25.1. The lowest BCUT2D eigenvalue weighted by Crippen LogP contribution is -2.34. The molecule has 2 heterocycles. The van der Waals surface area contributed by atoms with Gasteiger partial charge in [0.05, 0.1) is 12.6 Å². The van der Waals surface area contributed by atoms with Crippen molar-refractivity contribution in [2.24, 2.45) is 0 Å². The molecule has 0 saturated carbocycles. The molecule has 0 radical (unpaired) electrons. The summed E-state index contributed by atoms with van der Waals surface area (Å²) in [5, 5.41) is 7.64. The predicted octanol–water partition coefficient (Wildman–Crippen LogP) is 2.42. The van der Waals surface area contributed by atoms with Crippen LogP contribution in [0.3, 0.4) is 0 Å². The van der Waals surface area contributed by atoms with Crippen LogP contribution in [0.5, 0.6) is 5.75 Å². The first-order valence-corrected chi connectivity index (χ1v) is 9.04. The van der Waals surface area contributed by atoms with Crippen LogP contribution in [0.1, 0.15) is 11.4 Å². The van der Waals surface area contributed by atoms with Crippen LogP contribution in [-0.2, 0) is 17.9 Å². The summed E-state index contributed by atoms with van der Waals surface area (Å²) in [6.07, 6.45) is 0. The molecule has 29 heavy (non-hydrogen) atoms. The van der Waals surface area contributed by atoms with Crippen molar-refractivity contribution < 1.29 is 13.9 Å². The number of amides is 1. The van der Waals surface area contributed by atoms with Gasteiger partial charge in [-0.05, 0) is 48.9 Å². The van der Waals surface area contributed by atoms with Crippen LogP contribution in [0.25, 0.3) is 16.4 Å². The Bertz CT molecular complexity index is 1280. The minimum Gasteiger partial charge on any atom is -0.497 e. The topological polar surface area (TPSA) is 77.6 Å². The van der Waals surface area contributed by atoms with Crippen LogP contribution in [0.15, 0.2) is 53.3 Å². The Morgan fingerprint density at radius 3 is 2.62 bits per heavy atom. The number of nitrogens with one attached hydrogen (secondary N) is 1. The molecule has 0 fully saturated rings. The van der Waals surface area contributed by atoms with Crippen LogP contribution < -0.4 is 15.6 Å². The Balaban J connectivity index is 1.57. The number of benzene rings is 2. The summed E-state index contributed by atoms with van der Waals surface area (Å²) in [5.74, 6) is 0.557. The highest BCUT2D eigenvalue weighted by molar-refractivity contribution is 5.87. The fourth-order valence-corrected chi connectivity index (χ4v) is 3.33. The maximum atomic E-state index is 13.5. The Morgan fingerprint density at radius 2 is 1.90 bits per heavy atom. The molecule has 0 spiro atoms. The van der Waals surface area contributed by atoms with Gasteiger partial charge in [0.1, 0.15) is 29.5 Å². The molecule has 2 aromatic heterocycles. The number of methoxy groups -OCH3 is 1. The summed E-state index contributed by atoms with van der Waals surface area (Å²) in [5.41, 5.74) is 1.54. The third kappa shape index (κ3) is 3.56. The van der Waals surface area contributed by atoms with Gasteiger partial charge in [0.25, 0.3) is 5.56 Å². The number of hydrogen-bond acceptors (Lipinski definition) is 4. The molecule has 2 aromatic carbocycles. The van der Waals surface area contributed by atoms with Crippen molar-refractivity contribution in [1.29, 1.82) is 0 Å². The molecule has 148 valence electrons. The van der Waals surface area contributed by atoms with Gasteiger partial charge in [0.15, 0.2) is 0 Å². The number of carbonyl (C=O) groups excluding carboxylic acids is 1. The summed E-state index contributed by atoms with van der Waals surface area (Å²) >= 11 is 0. The van der Waals surface area contributed by atoms with E-state index in [0.29, 0.717) is 28.8 Å². The molecular formula is C21H19FN4O3. The number of fused-ring (bicyclic) bond motifs is 3. The van der Waals surface area contributed by atoms with E-state index >= 15 is 0 Å². The van der Waals surface area contributed by atoms with Crippen LogP contribution in [0.4, 0.5) is 4.39 Å². The number of ether oxygens (including phenoxy) is 1. The average molecular weight is 394 g/mol. The highest BCUT2D eigenvalue weighted by atomic mass is 19.1. The minimum atomic E-state index is -0.410. The van der Waals surface area contributed by atoms with E-state index in [-0.39, 0.29) is 18.3 Å². The maximum Gasteiger partial charge on any atom is 0.291 e. The molecule has 0 saturated heterocycles. The standard InChI is InChI=1S/C21H19FN4O3/c1-13-24-25(12-20(27)23-11-14-3-6-17(29-2)7-4-14)21(28)19-10-15-9-16(22)5-8-18(15)26(13)19/h3-10H,11-12H2,1-2H3,(H,23,27). The van der Waals surface area contributed by atoms with Crippen molar-refractivity contribution in [3.63, 3.8) is 0 Å². The van der Waals surface area contributed by atoms with Crippen molar-refractivity contribution in [1.82, 2.24) is 19.5 Å². The molecule has 0 aliphatic carbocycles. The molecule has 7 nitrogen and oxygen atoms in total. The molecule has 1 amide bonds. The molecule has 0 aliphatic rings. The Morgan fingerprint density at radius 1 is 1.14 bits per heavy atom. The molecule has 0 atom stereocenters. The first kappa shape index (κ1) is 18.7. The van der Waals surface area contributed by atoms with Gasteiger partial charge >= 0.3 is 0 Å². The first-order chi connectivity index (χ1) is 14.0. The zero-order valence-corrected chi connectivity index (χ0v) is 16.0. The molecule has 8 heteroatoms. The monoisotopic (exact) mass is 394 g/mol. The SMILES string of the molecule is COc1ccc(CNC(=O)Cn2nc(C)n3c(cc4cc(F)ccc43)c2=O)cc1. The summed E-state index contributed by atoms with van der Waals surface area (Å²) in [7, 11) is 1.59. The van der Waals surface area contributed by atoms with Gasteiger partial charge in [-0.25, -0.2) is 9.07 Å². The molecule has 4 rings (SSSR count). The second-order valence-electron chi connectivity index (χ2n) is 6.70. The van der Waals surface area contributed by atoms with Gasteiger partial charge in [-0.1, -0.05) is 12.1 Å². The maximum absolute atomic E-state index is 13.5. The first-order valence-electron chi connectivity index (χ1n) is 9.04. The van der Waals surface area contributed by atoms with Gasteiger partial charge in [0.2, 0.25) is 5.91 Å². The van der Waals surface area contributed by atoms with Crippen LogP contribution in [0, 0.1) is 12.7 Å². The van der Waals surface area contributed by atoms with E-state index < -0.39 is 5.56 Å². The van der Waals surface area contributed by atoms with Gasteiger partial charge in [-0.2, -0.15) is 5.10 Å². The van der Waals surface area contributed by atoms with Gasteiger partial charge in [-0.15, -0.1) is 0 Å². The number of nitrogens with zero attached hydrogens (tertiary/aromatic N) is 3. The zero-order valence-electron chi connectivity index (χ0n) is 16.0. The Hall–Kier alpha value is -3.68. The quantitative estimate of drug-likeness (QED) is 0.564. The zero-order chi connectivity index (χ0) is 20.5. The van der Waals surface area contributed by atoms with Crippen LogP contribution >= 0.6 is 0 Å². The molecule has 1 N–H and O–H groups in total. The lowest BCUT2D eigenvalue weighted by molar-refractivity contribution is -0.122. The van der Waals surface area contributed by atoms with Crippen molar-refractivity contribution in [3.8, 4) is 5.75 Å². The van der Waals surface area contributed by atoms with Crippen molar-refractivity contribution >= 4 is 22.3 Å². The smallest absolute Gasteiger partial charge is 0.291 e. The van der Waals surface area contributed by atoms with Crippen molar-refractivity contribution in [2.75, 3.05) is 7.11 Å². The molecule has 4 aromatic rings. The highest BCUT2D eigenvalue weighted by Crippen LogP contribution is 2.20.